The molecule has 1 unspecified atom stereocenters. The summed E-state index contributed by atoms with van der Waals surface area (Å²) in [5.74, 6) is 0. The number of ether oxygens (including phenoxy) is 1. The summed E-state index contributed by atoms with van der Waals surface area (Å²) in [7, 11) is 0. The molecule has 136 valence electrons. The minimum atomic E-state index is -0.753. The second-order valence-electron chi connectivity index (χ2n) is 6.76. The van der Waals surface area contributed by atoms with Gasteiger partial charge in [0.1, 0.15) is 18.7 Å². The maximum Gasteiger partial charge on any atom is 0.281 e. The number of aliphatic hydroxyl groups is 2. The van der Waals surface area contributed by atoms with E-state index in [2.05, 4.69) is 16.0 Å². The normalized spacial score (nSPS) is 24.6. The molecule has 0 aromatic carbocycles. The smallest absolute Gasteiger partial charge is 0.281 e. The number of aromatic nitrogens is 4. The van der Waals surface area contributed by atoms with Crippen LogP contribution >= 0.6 is 0 Å². The Morgan fingerprint density at radius 2 is 2.20 bits per heavy atom. The molecule has 0 bridgehead atoms. The molecule has 8 heteroatoms. The zero-order chi connectivity index (χ0) is 18.1. The van der Waals surface area contributed by atoms with Crippen LogP contribution in [-0.2, 0) is 4.74 Å². The fraction of sp³-hybridized carbons (Fsp3) is 0.588. The van der Waals surface area contributed by atoms with Gasteiger partial charge in [0.15, 0.2) is 11.2 Å². The number of allylic oxidation sites excluding steroid dienone is 2. The van der Waals surface area contributed by atoms with E-state index in [0.29, 0.717) is 12.1 Å². The highest BCUT2D eigenvalue weighted by Crippen LogP contribution is 2.30. The molecule has 3 heterocycles. The van der Waals surface area contributed by atoms with Crippen LogP contribution in [0.1, 0.15) is 45.9 Å². The predicted molar refractivity (Wildman–Crippen MR) is 92.2 cm³/mol. The predicted octanol–water partition coefficient (Wildman–Crippen LogP) is 1.15. The lowest BCUT2D eigenvalue weighted by atomic mass is 10.2. The zero-order valence-electron chi connectivity index (χ0n) is 14.7. The third-order valence-corrected chi connectivity index (χ3v) is 4.55. The Labute approximate surface area is 145 Å². The molecule has 1 fully saturated rings. The monoisotopic (exact) mass is 348 g/mol. The molecule has 0 amide bonds. The van der Waals surface area contributed by atoms with Gasteiger partial charge in [0.2, 0.25) is 0 Å². The molecule has 4 atom stereocenters. The van der Waals surface area contributed by atoms with Gasteiger partial charge in [0, 0.05) is 12.5 Å². The van der Waals surface area contributed by atoms with Crippen molar-refractivity contribution in [2.24, 2.45) is 0 Å². The van der Waals surface area contributed by atoms with Crippen molar-refractivity contribution in [2.45, 2.75) is 58.1 Å². The molecule has 25 heavy (non-hydrogen) atoms. The first-order valence-electron chi connectivity index (χ1n) is 8.43. The minimum Gasteiger partial charge on any atom is -0.394 e. The van der Waals surface area contributed by atoms with E-state index in [1.807, 2.05) is 20.8 Å². The SMILES string of the molecule is CC(C)=CCC(C)n1cnc2c(ncn2[C@H]2C[C@@H](O)[C@@H](CO)O2)c1=O. The van der Waals surface area contributed by atoms with E-state index in [0.717, 1.165) is 6.42 Å². The molecule has 1 aliphatic rings. The van der Waals surface area contributed by atoms with Crippen molar-refractivity contribution >= 4 is 11.2 Å². The molecule has 8 nitrogen and oxygen atoms in total. The molecular weight excluding hydrogens is 324 g/mol. The van der Waals surface area contributed by atoms with Gasteiger partial charge in [-0.2, -0.15) is 0 Å². The van der Waals surface area contributed by atoms with Gasteiger partial charge in [-0.15, -0.1) is 0 Å². The highest BCUT2D eigenvalue weighted by Gasteiger charge is 2.35. The van der Waals surface area contributed by atoms with Gasteiger partial charge >= 0.3 is 0 Å². The van der Waals surface area contributed by atoms with Crippen LogP contribution < -0.4 is 5.56 Å². The molecule has 0 spiro atoms. The number of fused-ring (bicyclic) bond motifs is 1. The fourth-order valence-electron chi connectivity index (χ4n) is 3.02. The Kier molecular flexibility index (Phi) is 5.03. The van der Waals surface area contributed by atoms with Gasteiger partial charge in [-0.3, -0.25) is 13.9 Å². The molecule has 0 saturated carbocycles. The van der Waals surface area contributed by atoms with Crippen LogP contribution in [0.25, 0.3) is 11.2 Å². The van der Waals surface area contributed by atoms with E-state index >= 15 is 0 Å². The van der Waals surface area contributed by atoms with Crippen molar-refractivity contribution in [2.75, 3.05) is 6.61 Å². The van der Waals surface area contributed by atoms with Crippen LogP contribution in [0, 0.1) is 0 Å². The Morgan fingerprint density at radius 1 is 1.44 bits per heavy atom. The lowest BCUT2D eigenvalue weighted by Crippen LogP contribution is -2.24. The van der Waals surface area contributed by atoms with Crippen molar-refractivity contribution < 1.29 is 14.9 Å². The van der Waals surface area contributed by atoms with E-state index in [1.54, 1.807) is 9.13 Å². The van der Waals surface area contributed by atoms with Crippen molar-refractivity contribution in [1.29, 1.82) is 0 Å². The first-order valence-corrected chi connectivity index (χ1v) is 8.43. The summed E-state index contributed by atoms with van der Waals surface area (Å²) in [6.45, 7) is 5.75. The highest BCUT2D eigenvalue weighted by molar-refractivity contribution is 5.69. The third kappa shape index (κ3) is 3.37. The maximum atomic E-state index is 12.7. The van der Waals surface area contributed by atoms with Crippen LogP contribution in [0.2, 0.25) is 0 Å². The van der Waals surface area contributed by atoms with Crippen LogP contribution in [0.3, 0.4) is 0 Å². The molecule has 1 aliphatic heterocycles. The summed E-state index contributed by atoms with van der Waals surface area (Å²) in [5, 5.41) is 19.1. The summed E-state index contributed by atoms with van der Waals surface area (Å²) in [5.41, 5.74) is 1.70. The van der Waals surface area contributed by atoms with Crippen molar-refractivity contribution in [3.8, 4) is 0 Å². The quantitative estimate of drug-likeness (QED) is 0.786. The molecule has 3 rings (SSSR count). The molecule has 0 aliphatic carbocycles. The second-order valence-corrected chi connectivity index (χ2v) is 6.76. The maximum absolute atomic E-state index is 12.7. The Bertz CT molecular complexity index is 837. The van der Waals surface area contributed by atoms with E-state index in [-0.39, 0.29) is 23.7 Å². The van der Waals surface area contributed by atoms with E-state index in [4.69, 9.17) is 4.74 Å². The Morgan fingerprint density at radius 3 is 2.84 bits per heavy atom. The molecule has 2 N–H and O–H groups in total. The number of aliphatic hydroxyl groups excluding tert-OH is 2. The first-order chi connectivity index (χ1) is 11.9. The first kappa shape index (κ1) is 17.8. The van der Waals surface area contributed by atoms with Gasteiger partial charge < -0.3 is 14.9 Å². The molecule has 2 aromatic rings. The zero-order valence-corrected chi connectivity index (χ0v) is 14.7. The Balaban J connectivity index is 1.92. The average Bonchev–Trinajstić information content (AvgIpc) is 3.16. The van der Waals surface area contributed by atoms with Crippen molar-refractivity contribution in [1.82, 2.24) is 19.1 Å². The summed E-state index contributed by atoms with van der Waals surface area (Å²) in [6.07, 6.45) is 4.29. The van der Waals surface area contributed by atoms with Crippen LogP contribution in [0.5, 0.6) is 0 Å². The van der Waals surface area contributed by atoms with Gasteiger partial charge in [-0.1, -0.05) is 11.6 Å². The van der Waals surface area contributed by atoms with E-state index < -0.39 is 18.4 Å². The third-order valence-electron chi connectivity index (χ3n) is 4.55. The average molecular weight is 348 g/mol. The summed E-state index contributed by atoms with van der Waals surface area (Å²) < 4.78 is 8.85. The summed E-state index contributed by atoms with van der Waals surface area (Å²) in [4.78, 5) is 21.3. The summed E-state index contributed by atoms with van der Waals surface area (Å²) >= 11 is 0. The fourth-order valence-corrected chi connectivity index (χ4v) is 3.02. The topological polar surface area (TPSA) is 102 Å². The minimum absolute atomic E-state index is 0.0206. The van der Waals surface area contributed by atoms with Crippen molar-refractivity contribution in [3.05, 3.63) is 34.7 Å². The van der Waals surface area contributed by atoms with Crippen LogP contribution in [0.15, 0.2) is 29.1 Å². The highest BCUT2D eigenvalue weighted by atomic mass is 16.5. The van der Waals surface area contributed by atoms with Gasteiger partial charge in [0.25, 0.3) is 5.56 Å². The van der Waals surface area contributed by atoms with Crippen LogP contribution in [-0.4, -0.2) is 48.1 Å². The lowest BCUT2D eigenvalue weighted by Gasteiger charge is -2.15. The molecule has 2 aromatic heterocycles. The number of hydrogen-bond donors (Lipinski definition) is 2. The second kappa shape index (κ2) is 7.07. The molecule has 1 saturated heterocycles. The van der Waals surface area contributed by atoms with Gasteiger partial charge in [-0.05, 0) is 27.2 Å². The van der Waals surface area contributed by atoms with Gasteiger partial charge in [0.05, 0.1) is 19.0 Å². The molecular formula is C17H24N4O4. The lowest BCUT2D eigenvalue weighted by molar-refractivity contribution is -0.0432. The van der Waals surface area contributed by atoms with E-state index in [9.17, 15) is 15.0 Å². The van der Waals surface area contributed by atoms with Gasteiger partial charge in [-0.25, -0.2) is 9.97 Å². The number of nitrogens with zero attached hydrogens (tertiary/aromatic N) is 4. The number of hydrogen-bond acceptors (Lipinski definition) is 6. The van der Waals surface area contributed by atoms with E-state index in [1.165, 1.54) is 18.2 Å². The standard InChI is InChI=1S/C17H24N4O4/c1-10(2)4-5-11(3)20-9-19-16-15(17(20)24)18-8-21(16)14-6-12(23)13(7-22)25-14/h4,8-9,11-14,22-23H,5-7H2,1-3H3/t11?,12-,13-,14-/m1/s1. The summed E-state index contributed by atoms with van der Waals surface area (Å²) in [6, 6.07) is -0.0206. The Hall–Kier alpha value is -2.03. The number of imidazole rings is 1. The van der Waals surface area contributed by atoms with Crippen LogP contribution in [0.4, 0.5) is 0 Å². The van der Waals surface area contributed by atoms with Crippen molar-refractivity contribution in [3.63, 3.8) is 0 Å². The number of rotatable bonds is 5. The largest absolute Gasteiger partial charge is 0.394 e. The molecule has 0 radical (unpaired) electrons.